The normalized spacial score (nSPS) is 13.4. The van der Waals surface area contributed by atoms with Crippen LogP contribution < -0.4 is 15.7 Å². The Balaban J connectivity index is 1.38. The van der Waals surface area contributed by atoms with E-state index in [9.17, 15) is 9.59 Å². The topological polar surface area (TPSA) is 91.0 Å². The minimum atomic E-state index is -0.331. The van der Waals surface area contributed by atoms with Crippen LogP contribution in [0.5, 0.6) is 11.6 Å². The lowest BCUT2D eigenvalue weighted by Crippen LogP contribution is -2.30. The lowest BCUT2D eigenvalue weighted by atomic mass is 10.2. The number of nitrogens with one attached hydrogen (secondary N) is 1. The smallest absolute Gasteiger partial charge is 0.346 e. The summed E-state index contributed by atoms with van der Waals surface area (Å²) >= 11 is 3.39. The molecule has 3 aromatic rings. The average molecular weight is 458 g/mol. The molecule has 9 heteroatoms. The Bertz CT molecular complexity index is 1070. The second-order valence-electron chi connectivity index (χ2n) is 6.81. The molecule has 4 rings (SSSR count). The molecule has 0 spiro atoms. The molecule has 0 atom stereocenters. The molecule has 1 amide bonds. The number of carbonyl (C=O) groups is 1. The Morgan fingerprint density at radius 3 is 2.90 bits per heavy atom. The Labute approximate surface area is 175 Å². The number of aromatic nitrogens is 4. The summed E-state index contributed by atoms with van der Waals surface area (Å²) in [5, 5.41) is 7.06. The van der Waals surface area contributed by atoms with E-state index in [0.717, 1.165) is 36.0 Å². The molecule has 0 fully saturated rings. The second-order valence-corrected chi connectivity index (χ2v) is 7.73. The summed E-state index contributed by atoms with van der Waals surface area (Å²) in [6.45, 7) is 0.536. The predicted octanol–water partition coefficient (Wildman–Crippen LogP) is 3.36. The number of ether oxygens (including phenoxy) is 1. The summed E-state index contributed by atoms with van der Waals surface area (Å²) in [6.07, 6.45) is 5.36. The summed E-state index contributed by atoms with van der Waals surface area (Å²) in [5.74, 6) is 1.50. The lowest BCUT2D eigenvalue weighted by molar-refractivity contribution is -0.117. The number of anilines is 1. The maximum Gasteiger partial charge on any atom is 0.346 e. The Kier molecular flexibility index (Phi) is 5.75. The van der Waals surface area contributed by atoms with Crippen LogP contribution in [0.4, 0.5) is 5.69 Å². The fourth-order valence-corrected chi connectivity index (χ4v) is 3.61. The first kappa shape index (κ1) is 19.4. The molecule has 1 aliphatic heterocycles. The Hall–Kier alpha value is -2.94. The molecule has 3 heterocycles. The second kappa shape index (κ2) is 8.60. The number of carbonyl (C=O) groups excluding carboxylic acids is 1. The quantitative estimate of drug-likeness (QED) is 0.633. The van der Waals surface area contributed by atoms with Crippen LogP contribution in [0.1, 0.15) is 25.1 Å². The van der Waals surface area contributed by atoms with Gasteiger partial charge in [-0.2, -0.15) is 5.10 Å². The van der Waals surface area contributed by atoms with E-state index < -0.39 is 0 Å². The van der Waals surface area contributed by atoms with Crippen LogP contribution in [0, 0.1) is 0 Å². The van der Waals surface area contributed by atoms with E-state index in [1.54, 1.807) is 16.7 Å². The van der Waals surface area contributed by atoms with Crippen molar-refractivity contribution in [3.8, 4) is 11.6 Å². The molecule has 0 bridgehead atoms. The monoisotopic (exact) mass is 457 g/mol. The highest BCUT2D eigenvalue weighted by Crippen LogP contribution is 2.23. The van der Waals surface area contributed by atoms with Gasteiger partial charge in [-0.15, -0.1) is 0 Å². The Morgan fingerprint density at radius 1 is 1.21 bits per heavy atom. The number of benzene rings is 1. The predicted molar refractivity (Wildman–Crippen MR) is 111 cm³/mol. The average Bonchev–Trinajstić information content (AvgIpc) is 2.85. The van der Waals surface area contributed by atoms with E-state index in [2.05, 4.69) is 31.3 Å². The van der Waals surface area contributed by atoms with Gasteiger partial charge in [0.25, 0.3) is 0 Å². The molecule has 8 nitrogen and oxygen atoms in total. The minimum Gasteiger partial charge on any atom is -0.439 e. The number of amides is 1. The molecule has 0 unspecified atom stereocenters. The maximum atomic E-state index is 12.4. The largest absolute Gasteiger partial charge is 0.439 e. The van der Waals surface area contributed by atoms with Crippen LogP contribution in [0.25, 0.3) is 0 Å². The fourth-order valence-electron chi connectivity index (χ4n) is 3.23. The van der Waals surface area contributed by atoms with Crippen molar-refractivity contribution in [1.82, 2.24) is 19.3 Å². The van der Waals surface area contributed by atoms with Gasteiger partial charge in [0.05, 0.1) is 11.9 Å². The van der Waals surface area contributed by atoms with Crippen LogP contribution in [-0.4, -0.2) is 25.2 Å². The molecule has 0 aliphatic carbocycles. The Morgan fingerprint density at radius 2 is 2.10 bits per heavy atom. The van der Waals surface area contributed by atoms with Gasteiger partial charge in [0.15, 0.2) is 0 Å². The number of hydrogen-bond acceptors (Lipinski definition) is 5. The summed E-state index contributed by atoms with van der Waals surface area (Å²) in [6, 6.07) is 10.8. The molecule has 150 valence electrons. The third-order valence-electron chi connectivity index (χ3n) is 4.61. The van der Waals surface area contributed by atoms with E-state index in [1.165, 1.54) is 10.9 Å². The van der Waals surface area contributed by atoms with Crippen LogP contribution in [-0.2, 0) is 24.3 Å². The standard InChI is InChI=1S/C20H20BrN5O3/c21-14-5-4-6-16(11-14)29-19-9-8-15(12-22-19)23-18(27)13-26-20(28)25-10-3-1-2-7-17(25)24-26/h4-6,8-9,11-12H,1-3,7,10,13H2,(H,23,27). The highest BCUT2D eigenvalue weighted by atomic mass is 79.9. The number of halogens is 1. The zero-order valence-electron chi connectivity index (χ0n) is 15.7. The number of nitrogens with zero attached hydrogens (tertiary/aromatic N) is 4. The number of rotatable bonds is 5. The zero-order chi connectivity index (χ0) is 20.2. The third kappa shape index (κ3) is 4.73. The van der Waals surface area contributed by atoms with Crippen LogP contribution in [0.3, 0.4) is 0 Å². The molecular weight excluding hydrogens is 438 g/mol. The summed E-state index contributed by atoms with van der Waals surface area (Å²) in [5.41, 5.74) is 0.290. The first-order valence-electron chi connectivity index (χ1n) is 9.44. The number of fused-ring (bicyclic) bond motifs is 1. The summed E-state index contributed by atoms with van der Waals surface area (Å²) < 4.78 is 9.49. The van der Waals surface area contributed by atoms with Crippen molar-refractivity contribution < 1.29 is 9.53 Å². The summed E-state index contributed by atoms with van der Waals surface area (Å²) in [7, 11) is 0. The van der Waals surface area contributed by atoms with Gasteiger partial charge in [-0.3, -0.25) is 9.36 Å². The fraction of sp³-hybridized carbons (Fsp3) is 0.300. The van der Waals surface area contributed by atoms with Gasteiger partial charge < -0.3 is 10.1 Å². The highest BCUT2D eigenvalue weighted by molar-refractivity contribution is 9.10. The zero-order valence-corrected chi connectivity index (χ0v) is 17.3. The third-order valence-corrected chi connectivity index (χ3v) is 5.11. The van der Waals surface area contributed by atoms with Crippen LogP contribution in [0.2, 0.25) is 0 Å². The first-order valence-corrected chi connectivity index (χ1v) is 10.2. The van der Waals surface area contributed by atoms with Crippen molar-refractivity contribution in [3.63, 3.8) is 0 Å². The molecular formula is C20H20BrN5O3. The molecule has 0 radical (unpaired) electrons. The van der Waals surface area contributed by atoms with E-state index in [-0.39, 0.29) is 18.1 Å². The first-order chi connectivity index (χ1) is 14.1. The van der Waals surface area contributed by atoms with E-state index in [4.69, 9.17) is 4.74 Å². The van der Waals surface area contributed by atoms with Gasteiger partial charge in [-0.25, -0.2) is 14.5 Å². The van der Waals surface area contributed by atoms with E-state index in [0.29, 0.717) is 23.9 Å². The maximum absolute atomic E-state index is 12.4. The SMILES string of the molecule is O=C(Cn1nc2n(c1=O)CCCCC2)Nc1ccc(Oc2cccc(Br)c2)nc1. The summed E-state index contributed by atoms with van der Waals surface area (Å²) in [4.78, 5) is 29.0. The molecule has 1 aliphatic rings. The van der Waals surface area contributed by atoms with Crippen molar-refractivity contribution in [2.45, 2.75) is 38.8 Å². The molecule has 0 saturated heterocycles. The molecule has 2 aromatic heterocycles. The van der Waals surface area contributed by atoms with Crippen molar-refractivity contribution in [2.24, 2.45) is 0 Å². The van der Waals surface area contributed by atoms with Crippen molar-refractivity contribution >= 4 is 27.5 Å². The van der Waals surface area contributed by atoms with Gasteiger partial charge in [0.1, 0.15) is 18.1 Å². The van der Waals surface area contributed by atoms with Gasteiger partial charge in [-0.1, -0.05) is 28.4 Å². The minimum absolute atomic E-state index is 0.130. The molecule has 0 saturated carbocycles. The molecule has 1 aromatic carbocycles. The van der Waals surface area contributed by atoms with Gasteiger partial charge >= 0.3 is 5.69 Å². The van der Waals surface area contributed by atoms with Crippen molar-refractivity contribution in [2.75, 3.05) is 5.32 Å². The molecule has 1 N–H and O–H groups in total. The van der Waals surface area contributed by atoms with E-state index >= 15 is 0 Å². The number of pyridine rings is 1. The number of aryl methyl sites for hydroxylation is 1. The van der Waals surface area contributed by atoms with Crippen molar-refractivity contribution in [3.05, 3.63) is 63.4 Å². The van der Waals surface area contributed by atoms with Crippen LogP contribution >= 0.6 is 15.9 Å². The van der Waals surface area contributed by atoms with Gasteiger partial charge in [-0.05, 0) is 37.1 Å². The molecule has 29 heavy (non-hydrogen) atoms. The van der Waals surface area contributed by atoms with Crippen molar-refractivity contribution in [1.29, 1.82) is 0 Å². The van der Waals surface area contributed by atoms with Crippen LogP contribution in [0.15, 0.2) is 51.9 Å². The van der Waals surface area contributed by atoms with E-state index in [1.807, 2.05) is 24.3 Å². The van der Waals surface area contributed by atoms with Gasteiger partial charge in [0, 0.05) is 23.5 Å². The van der Waals surface area contributed by atoms with Gasteiger partial charge in [0.2, 0.25) is 11.8 Å². The highest BCUT2D eigenvalue weighted by Gasteiger charge is 2.17. The number of hydrogen-bond donors (Lipinski definition) is 1. The lowest BCUT2D eigenvalue weighted by Gasteiger charge is -2.07.